The molecule has 0 aliphatic carbocycles. The summed E-state index contributed by atoms with van der Waals surface area (Å²) in [6.07, 6.45) is 2.28. The first-order valence-electron chi connectivity index (χ1n) is 15.7. The molecule has 240 valence electrons. The van der Waals surface area contributed by atoms with E-state index in [0.717, 1.165) is 18.4 Å². The molecular weight excluding hydrogens is 556 g/mol. The number of carbonyl (C=O) groups excluding carboxylic acids is 3. The first-order chi connectivity index (χ1) is 20.4. The van der Waals surface area contributed by atoms with Crippen molar-refractivity contribution < 1.29 is 28.6 Å². The summed E-state index contributed by atoms with van der Waals surface area (Å²) in [4.78, 5) is 40.9. The summed E-state index contributed by atoms with van der Waals surface area (Å²) in [6.45, 7) is 19.8. The van der Waals surface area contributed by atoms with E-state index in [1.165, 1.54) is 0 Å². The number of carbonyl (C=O) groups is 3. The minimum atomic E-state index is -0.413. The molecule has 8 nitrogen and oxygen atoms in total. The Balaban J connectivity index is 1.31. The van der Waals surface area contributed by atoms with Gasteiger partial charge in [0.25, 0.3) is 0 Å². The Bertz CT molecular complexity index is 1310. The average Bonchev–Trinajstić information content (AvgIpc) is 2.88. The molecule has 0 aromatic heterocycles. The third-order valence-electron chi connectivity index (χ3n) is 8.81. The van der Waals surface area contributed by atoms with Crippen LogP contribution in [0.5, 0.6) is 0 Å². The number of hydrogen-bond acceptors (Lipinski definition) is 8. The van der Waals surface area contributed by atoms with Crippen LogP contribution in [-0.4, -0.2) is 70.3 Å². The molecule has 1 N–H and O–H groups in total. The maximum atomic E-state index is 13.1. The molecule has 2 heterocycles. The molecular formula is C36H50N2O6. The van der Waals surface area contributed by atoms with Crippen molar-refractivity contribution in [3.05, 3.63) is 70.8 Å². The van der Waals surface area contributed by atoms with Gasteiger partial charge in [-0.05, 0) is 98.7 Å². The van der Waals surface area contributed by atoms with E-state index in [-0.39, 0.29) is 52.9 Å². The summed E-state index contributed by atoms with van der Waals surface area (Å²) in [6, 6.07) is 13.9. The summed E-state index contributed by atoms with van der Waals surface area (Å²) < 4.78 is 17.5. The van der Waals surface area contributed by atoms with E-state index in [1.54, 1.807) is 36.4 Å². The fraction of sp³-hybridized carbons (Fsp3) is 0.583. The van der Waals surface area contributed by atoms with Crippen molar-refractivity contribution in [3.8, 4) is 0 Å². The van der Waals surface area contributed by atoms with E-state index >= 15 is 0 Å². The number of esters is 3. The van der Waals surface area contributed by atoms with E-state index in [9.17, 15) is 14.4 Å². The highest BCUT2D eigenvalue weighted by atomic mass is 16.5. The van der Waals surface area contributed by atoms with E-state index < -0.39 is 5.97 Å². The fourth-order valence-corrected chi connectivity index (χ4v) is 7.41. The van der Waals surface area contributed by atoms with Crippen LogP contribution in [-0.2, 0) is 14.2 Å². The molecule has 2 saturated heterocycles. The van der Waals surface area contributed by atoms with Crippen molar-refractivity contribution in [2.45, 2.75) is 122 Å². The quantitative estimate of drug-likeness (QED) is 0.269. The Morgan fingerprint density at radius 3 is 1.50 bits per heavy atom. The van der Waals surface area contributed by atoms with Crippen LogP contribution in [0, 0.1) is 6.92 Å². The predicted molar refractivity (Wildman–Crippen MR) is 171 cm³/mol. The number of nitrogens with zero attached hydrogens (tertiary/aromatic N) is 1. The largest absolute Gasteiger partial charge is 0.461 e. The lowest BCUT2D eigenvalue weighted by Crippen LogP contribution is -2.63. The average molecular weight is 607 g/mol. The summed E-state index contributed by atoms with van der Waals surface area (Å²) in [5, 5.41) is 3.60. The third kappa shape index (κ3) is 8.48. The van der Waals surface area contributed by atoms with Crippen molar-refractivity contribution in [2.24, 2.45) is 0 Å². The maximum absolute atomic E-state index is 13.1. The van der Waals surface area contributed by atoms with Gasteiger partial charge < -0.3 is 19.5 Å². The van der Waals surface area contributed by atoms with E-state index in [1.807, 2.05) is 19.1 Å². The van der Waals surface area contributed by atoms with E-state index in [0.29, 0.717) is 36.1 Å². The molecule has 8 heteroatoms. The SMILES string of the molecule is Cc1ccc(C(=O)OCCN2C(C)(C)CC(OC(=O)c3ccc(C(=O)OC4CC(C)(C)NC(C)(C)C4)cc3)CC2(C)C)cc1. The molecule has 0 unspecified atom stereocenters. The molecule has 0 atom stereocenters. The van der Waals surface area contributed by atoms with Gasteiger partial charge in [-0.2, -0.15) is 0 Å². The highest BCUT2D eigenvalue weighted by Crippen LogP contribution is 2.39. The van der Waals surface area contributed by atoms with Crippen LogP contribution >= 0.6 is 0 Å². The highest BCUT2D eigenvalue weighted by Gasteiger charge is 2.46. The van der Waals surface area contributed by atoms with Crippen molar-refractivity contribution in [2.75, 3.05) is 13.2 Å². The number of hydrogen-bond donors (Lipinski definition) is 1. The number of likely N-dealkylation sites (tertiary alicyclic amines) is 1. The molecule has 2 fully saturated rings. The standard InChI is InChI=1S/C36H50N2O6/c1-24-10-12-25(13-11-24)30(39)42-19-18-38-35(6,7)22-29(23-36(38,8)9)44-32(41)27-16-14-26(15-17-27)31(40)43-28-20-33(2,3)37-34(4,5)21-28/h10-17,28-29,37H,18-23H2,1-9H3. The van der Waals surface area contributed by atoms with Gasteiger partial charge in [-0.3, -0.25) is 4.90 Å². The molecule has 0 saturated carbocycles. The first-order valence-corrected chi connectivity index (χ1v) is 15.7. The molecule has 0 spiro atoms. The van der Waals surface area contributed by atoms with Crippen LogP contribution in [0.1, 0.15) is 118 Å². The number of aryl methyl sites for hydroxylation is 1. The second-order valence-electron chi connectivity index (χ2n) is 15.1. The minimum Gasteiger partial charge on any atom is -0.461 e. The second-order valence-corrected chi connectivity index (χ2v) is 15.1. The topological polar surface area (TPSA) is 94.2 Å². The Morgan fingerprint density at radius 1 is 0.659 bits per heavy atom. The minimum absolute atomic E-state index is 0.131. The molecule has 0 bridgehead atoms. The lowest BCUT2D eigenvalue weighted by molar-refractivity contribution is -0.0927. The van der Waals surface area contributed by atoms with Gasteiger partial charge in [0.05, 0.1) is 16.7 Å². The highest BCUT2D eigenvalue weighted by molar-refractivity contribution is 5.93. The van der Waals surface area contributed by atoms with Crippen LogP contribution in [0.15, 0.2) is 48.5 Å². The lowest BCUT2D eigenvalue weighted by Gasteiger charge is -2.54. The van der Waals surface area contributed by atoms with Crippen LogP contribution in [0.4, 0.5) is 0 Å². The summed E-state index contributed by atoms with van der Waals surface area (Å²) >= 11 is 0. The normalized spacial score (nSPS) is 21.3. The number of rotatable bonds is 8. The van der Waals surface area contributed by atoms with Crippen molar-refractivity contribution in [1.29, 1.82) is 0 Å². The fourth-order valence-electron chi connectivity index (χ4n) is 7.41. The number of benzene rings is 2. The van der Waals surface area contributed by atoms with E-state index in [2.05, 4.69) is 65.6 Å². The Hall–Kier alpha value is -3.23. The third-order valence-corrected chi connectivity index (χ3v) is 8.81. The van der Waals surface area contributed by atoms with Gasteiger partial charge in [-0.25, -0.2) is 14.4 Å². The zero-order chi connectivity index (χ0) is 32.5. The zero-order valence-electron chi connectivity index (χ0n) is 27.9. The van der Waals surface area contributed by atoms with Gasteiger partial charge >= 0.3 is 17.9 Å². The molecule has 4 rings (SSSR count). The smallest absolute Gasteiger partial charge is 0.338 e. The van der Waals surface area contributed by atoms with E-state index in [4.69, 9.17) is 14.2 Å². The van der Waals surface area contributed by atoms with Gasteiger partial charge in [-0.15, -0.1) is 0 Å². The van der Waals surface area contributed by atoms with Gasteiger partial charge in [-0.1, -0.05) is 17.7 Å². The Kier molecular flexibility index (Phi) is 9.67. The summed E-state index contributed by atoms with van der Waals surface area (Å²) in [7, 11) is 0. The summed E-state index contributed by atoms with van der Waals surface area (Å²) in [5.41, 5.74) is 1.58. The maximum Gasteiger partial charge on any atom is 0.338 e. The van der Waals surface area contributed by atoms with Crippen molar-refractivity contribution in [3.63, 3.8) is 0 Å². The van der Waals surface area contributed by atoms with Crippen LogP contribution in [0.3, 0.4) is 0 Å². The van der Waals surface area contributed by atoms with Crippen LogP contribution < -0.4 is 5.32 Å². The van der Waals surface area contributed by atoms with Gasteiger partial charge in [0, 0.05) is 54.4 Å². The molecule has 2 aliphatic rings. The van der Waals surface area contributed by atoms with Crippen LogP contribution in [0.2, 0.25) is 0 Å². The van der Waals surface area contributed by atoms with Crippen LogP contribution in [0.25, 0.3) is 0 Å². The molecule has 44 heavy (non-hydrogen) atoms. The number of nitrogens with one attached hydrogen (secondary N) is 1. The second kappa shape index (κ2) is 12.6. The Morgan fingerprint density at radius 2 is 1.05 bits per heavy atom. The predicted octanol–water partition coefficient (Wildman–Crippen LogP) is 6.50. The van der Waals surface area contributed by atoms with Crippen molar-refractivity contribution in [1.82, 2.24) is 10.2 Å². The Labute approximate surface area is 262 Å². The van der Waals surface area contributed by atoms with Crippen molar-refractivity contribution >= 4 is 17.9 Å². The van der Waals surface area contributed by atoms with Gasteiger partial charge in [0.2, 0.25) is 0 Å². The lowest BCUT2D eigenvalue weighted by atomic mass is 9.78. The summed E-state index contributed by atoms with van der Waals surface area (Å²) in [5.74, 6) is -1.13. The monoisotopic (exact) mass is 606 g/mol. The molecule has 2 aromatic rings. The molecule has 2 aromatic carbocycles. The first kappa shape index (κ1) is 33.7. The molecule has 2 aliphatic heterocycles. The van der Waals surface area contributed by atoms with Gasteiger partial charge in [0.1, 0.15) is 18.8 Å². The number of ether oxygens (including phenoxy) is 3. The zero-order valence-corrected chi connectivity index (χ0v) is 27.9. The van der Waals surface area contributed by atoms with Gasteiger partial charge in [0.15, 0.2) is 0 Å². The molecule has 0 amide bonds. The molecule has 0 radical (unpaired) electrons. The number of piperidine rings is 2.